The number of piperidine rings is 1. The Labute approximate surface area is 141 Å². The van der Waals surface area contributed by atoms with E-state index in [1.807, 2.05) is 24.3 Å². The topological polar surface area (TPSA) is 65.1 Å². The Morgan fingerprint density at radius 3 is 2.71 bits per heavy atom. The lowest BCUT2D eigenvalue weighted by Gasteiger charge is -2.60. The number of H-pyrrole nitrogens is 1. The first kappa shape index (κ1) is 14.7. The predicted octanol–water partition coefficient (Wildman–Crippen LogP) is 2.76. The molecule has 1 aliphatic heterocycles. The molecule has 2 aromatic rings. The van der Waals surface area contributed by atoms with Crippen LogP contribution >= 0.6 is 0 Å². The highest BCUT2D eigenvalue weighted by Crippen LogP contribution is 2.56. The Kier molecular flexibility index (Phi) is 2.63. The van der Waals surface area contributed by atoms with Gasteiger partial charge in [-0.25, -0.2) is 0 Å². The van der Waals surface area contributed by atoms with E-state index in [9.17, 15) is 9.90 Å². The number of hydrogen-bond donors (Lipinski definition) is 3. The van der Waals surface area contributed by atoms with Gasteiger partial charge in [0.1, 0.15) is 0 Å². The molecule has 5 unspecified atom stereocenters. The molecule has 2 heterocycles. The number of ketones is 1. The number of fused-ring (bicyclic) bond motifs is 5. The molecule has 126 valence electrons. The molecular formula is C20H24N2O2. The first-order valence-electron chi connectivity index (χ1n) is 8.94. The SMILES string of the molecule is CC1(C)NC2C(=O)c3c([nH]c4ccccc34)C3(C)CC(O)C1CC23. The van der Waals surface area contributed by atoms with Gasteiger partial charge in [-0.2, -0.15) is 0 Å². The summed E-state index contributed by atoms with van der Waals surface area (Å²) in [6, 6.07) is 7.90. The zero-order chi connectivity index (χ0) is 16.9. The van der Waals surface area contributed by atoms with E-state index in [2.05, 4.69) is 31.1 Å². The molecule has 4 nitrogen and oxygen atoms in total. The van der Waals surface area contributed by atoms with Gasteiger partial charge in [-0.3, -0.25) is 4.79 Å². The summed E-state index contributed by atoms with van der Waals surface area (Å²) < 4.78 is 0. The number of para-hydroxylation sites is 1. The smallest absolute Gasteiger partial charge is 0.182 e. The number of aromatic amines is 1. The van der Waals surface area contributed by atoms with Crippen LogP contribution < -0.4 is 5.32 Å². The summed E-state index contributed by atoms with van der Waals surface area (Å²) >= 11 is 0. The molecule has 2 fully saturated rings. The van der Waals surface area contributed by atoms with Gasteiger partial charge in [0.05, 0.1) is 12.1 Å². The Morgan fingerprint density at radius 2 is 1.92 bits per heavy atom. The molecule has 3 aliphatic rings. The van der Waals surface area contributed by atoms with Crippen molar-refractivity contribution in [2.75, 3.05) is 0 Å². The number of aliphatic hydroxyl groups excluding tert-OH is 1. The van der Waals surface area contributed by atoms with Crippen molar-refractivity contribution in [2.24, 2.45) is 11.8 Å². The van der Waals surface area contributed by atoms with Crippen LogP contribution in [-0.2, 0) is 5.41 Å². The highest BCUT2D eigenvalue weighted by Gasteiger charge is 2.61. The van der Waals surface area contributed by atoms with E-state index in [1.54, 1.807) is 0 Å². The van der Waals surface area contributed by atoms with Crippen molar-refractivity contribution in [1.29, 1.82) is 0 Å². The number of rotatable bonds is 0. The van der Waals surface area contributed by atoms with E-state index in [1.165, 1.54) is 0 Å². The molecule has 5 atom stereocenters. The van der Waals surface area contributed by atoms with Crippen LogP contribution in [0.4, 0.5) is 0 Å². The minimum atomic E-state index is -0.345. The van der Waals surface area contributed by atoms with E-state index in [4.69, 9.17) is 0 Å². The molecule has 2 bridgehead atoms. The summed E-state index contributed by atoms with van der Waals surface area (Å²) in [5, 5.41) is 15.5. The summed E-state index contributed by atoms with van der Waals surface area (Å²) in [7, 11) is 0. The number of Topliss-reactive ketones (excluding diaryl/α,β-unsaturated/α-hetero) is 1. The lowest BCUT2D eigenvalue weighted by molar-refractivity contribution is -0.0755. The molecule has 0 amide bonds. The molecule has 4 heteroatoms. The van der Waals surface area contributed by atoms with Crippen LogP contribution in [0.15, 0.2) is 24.3 Å². The largest absolute Gasteiger partial charge is 0.393 e. The lowest BCUT2D eigenvalue weighted by atomic mass is 9.50. The zero-order valence-corrected chi connectivity index (χ0v) is 14.4. The van der Waals surface area contributed by atoms with Crippen molar-refractivity contribution in [1.82, 2.24) is 10.3 Å². The van der Waals surface area contributed by atoms with E-state index >= 15 is 0 Å². The molecule has 1 aromatic carbocycles. The summed E-state index contributed by atoms with van der Waals surface area (Å²) in [6.07, 6.45) is 1.28. The fourth-order valence-corrected chi connectivity index (χ4v) is 5.82. The van der Waals surface area contributed by atoms with Gasteiger partial charge in [-0.15, -0.1) is 0 Å². The number of hydrogen-bond acceptors (Lipinski definition) is 3. The minimum absolute atomic E-state index is 0.152. The van der Waals surface area contributed by atoms with Crippen LogP contribution in [0.1, 0.15) is 49.7 Å². The third kappa shape index (κ3) is 1.58. The van der Waals surface area contributed by atoms with Crippen molar-refractivity contribution >= 4 is 16.7 Å². The van der Waals surface area contributed by atoms with Gasteiger partial charge in [0.25, 0.3) is 0 Å². The van der Waals surface area contributed by atoms with E-state index < -0.39 is 0 Å². The summed E-state index contributed by atoms with van der Waals surface area (Å²) in [5.41, 5.74) is 2.49. The Hall–Kier alpha value is -1.65. The molecule has 1 aromatic heterocycles. The maximum Gasteiger partial charge on any atom is 0.182 e. The Balaban J connectivity index is 1.80. The third-order valence-corrected chi connectivity index (χ3v) is 7.09. The van der Waals surface area contributed by atoms with E-state index in [0.29, 0.717) is 0 Å². The second-order valence-corrected chi connectivity index (χ2v) is 8.77. The second-order valence-electron chi connectivity index (χ2n) is 8.77. The number of benzene rings is 1. The number of carbonyl (C=O) groups excluding carboxylic acids is 1. The normalized spacial score (nSPS) is 39.8. The molecule has 3 N–H and O–H groups in total. The maximum atomic E-state index is 13.4. The highest BCUT2D eigenvalue weighted by atomic mass is 16.3. The number of carbonyl (C=O) groups is 1. The molecule has 0 spiro atoms. The van der Waals surface area contributed by atoms with Crippen molar-refractivity contribution in [3.63, 3.8) is 0 Å². The van der Waals surface area contributed by atoms with Crippen LogP contribution in [0.2, 0.25) is 0 Å². The van der Waals surface area contributed by atoms with Crippen LogP contribution in [0.3, 0.4) is 0 Å². The Morgan fingerprint density at radius 1 is 1.17 bits per heavy atom. The van der Waals surface area contributed by atoms with Crippen molar-refractivity contribution in [2.45, 2.75) is 56.7 Å². The average Bonchev–Trinajstić information content (AvgIpc) is 2.92. The maximum absolute atomic E-state index is 13.4. The van der Waals surface area contributed by atoms with Crippen molar-refractivity contribution < 1.29 is 9.90 Å². The first-order valence-corrected chi connectivity index (χ1v) is 8.94. The van der Waals surface area contributed by atoms with Crippen LogP contribution in [0.5, 0.6) is 0 Å². The molecular weight excluding hydrogens is 300 g/mol. The predicted molar refractivity (Wildman–Crippen MR) is 93.2 cm³/mol. The zero-order valence-electron chi connectivity index (χ0n) is 14.4. The summed E-state index contributed by atoms with van der Waals surface area (Å²) in [5.74, 6) is 0.658. The summed E-state index contributed by atoms with van der Waals surface area (Å²) in [4.78, 5) is 16.9. The third-order valence-electron chi connectivity index (χ3n) is 7.09. The van der Waals surface area contributed by atoms with Gasteiger partial charge < -0.3 is 15.4 Å². The number of aliphatic hydroxyl groups is 1. The van der Waals surface area contributed by atoms with Gasteiger partial charge in [0, 0.05) is 39.0 Å². The van der Waals surface area contributed by atoms with Crippen LogP contribution in [-0.4, -0.2) is 33.6 Å². The molecule has 1 saturated heterocycles. The fourth-order valence-electron chi connectivity index (χ4n) is 5.82. The molecule has 0 radical (unpaired) electrons. The molecule has 1 saturated carbocycles. The quantitative estimate of drug-likeness (QED) is 0.698. The molecule has 24 heavy (non-hydrogen) atoms. The lowest BCUT2D eigenvalue weighted by Crippen LogP contribution is -2.71. The molecule has 2 aliphatic carbocycles. The van der Waals surface area contributed by atoms with Gasteiger partial charge in [0.15, 0.2) is 5.78 Å². The van der Waals surface area contributed by atoms with Crippen molar-refractivity contribution in [3.05, 3.63) is 35.5 Å². The van der Waals surface area contributed by atoms with Crippen LogP contribution in [0.25, 0.3) is 10.9 Å². The van der Waals surface area contributed by atoms with E-state index in [0.717, 1.165) is 35.0 Å². The fraction of sp³-hybridized carbons (Fsp3) is 0.550. The Bertz CT molecular complexity index is 868. The monoisotopic (exact) mass is 324 g/mol. The first-order chi connectivity index (χ1) is 11.3. The highest BCUT2D eigenvalue weighted by molar-refractivity contribution is 6.13. The van der Waals surface area contributed by atoms with Gasteiger partial charge in [0.2, 0.25) is 0 Å². The van der Waals surface area contributed by atoms with Crippen LogP contribution in [0, 0.1) is 11.8 Å². The summed E-state index contributed by atoms with van der Waals surface area (Å²) in [6.45, 7) is 6.47. The van der Waals surface area contributed by atoms with Gasteiger partial charge >= 0.3 is 0 Å². The van der Waals surface area contributed by atoms with Gasteiger partial charge in [-0.1, -0.05) is 25.1 Å². The second kappa shape index (κ2) is 4.30. The van der Waals surface area contributed by atoms with Gasteiger partial charge in [-0.05, 0) is 38.7 Å². The number of nitrogens with one attached hydrogen (secondary N) is 2. The number of aromatic nitrogens is 1. The van der Waals surface area contributed by atoms with E-state index in [-0.39, 0.29) is 40.7 Å². The average molecular weight is 324 g/mol. The van der Waals surface area contributed by atoms with Crippen molar-refractivity contribution in [3.8, 4) is 0 Å². The standard InChI is InChI=1S/C20H24N2O2/c1-19(2)11-8-12-16(22-19)17(24)15-10-6-4-5-7-13(10)21-18(15)20(12,3)9-14(11)23/h4-7,11-12,14,16,21-23H,8-9H2,1-3H3. The molecule has 5 rings (SSSR count). The minimum Gasteiger partial charge on any atom is -0.393 e.